The highest BCUT2D eigenvalue weighted by atomic mass is 35.5. The van der Waals surface area contributed by atoms with Gasteiger partial charge in [-0.15, -0.1) is 0 Å². The average molecular weight is 543 g/mol. The third-order valence-electron chi connectivity index (χ3n) is 5.19. The third kappa shape index (κ3) is 8.23. The number of ether oxygens (including phenoxy) is 1. The van der Waals surface area contributed by atoms with E-state index in [2.05, 4.69) is 10.6 Å². The molecular formula is C26H24Cl2N4O5. The number of anilines is 2. The van der Waals surface area contributed by atoms with E-state index in [1.165, 1.54) is 18.2 Å². The number of non-ortho nitro benzene ring substituents is 1. The Morgan fingerprint density at radius 1 is 1.03 bits per heavy atom. The summed E-state index contributed by atoms with van der Waals surface area (Å²) in [5.74, 6) is 0.329. The van der Waals surface area contributed by atoms with Crippen LogP contribution in [0, 0.1) is 10.1 Å². The molecule has 0 heterocycles. The topological polar surface area (TPSA) is 114 Å². The molecule has 0 bridgehead atoms. The highest BCUT2D eigenvalue weighted by Crippen LogP contribution is 2.26. The lowest BCUT2D eigenvalue weighted by Crippen LogP contribution is -2.37. The average Bonchev–Trinajstić information content (AvgIpc) is 2.90. The summed E-state index contributed by atoms with van der Waals surface area (Å²) >= 11 is 12.0. The van der Waals surface area contributed by atoms with Crippen LogP contribution < -0.4 is 20.3 Å². The molecule has 3 rings (SSSR count). The zero-order valence-electron chi connectivity index (χ0n) is 19.8. The van der Waals surface area contributed by atoms with Crippen molar-refractivity contribution in [1.29, 1.82) is 0 Å². The number of carbonyl (C=O) groups excluding carboxylic acids is 2. The summed E-state index contributed by atoms with van der Waals surface area (Å²) in [6.45, 7) is 0.627. The molecule has 2 N–H and O–H groups in total. The molecule has 0 radical (unpaired) electrons. The number of carbonyl (C=O) groups is 2. The van der Waals surface area contributed by atoms with Gasteiger partial charge in [0, 0.05) is 42.7 Å². The lowest BCUT2D eigenvalue weighted by molar-refractivity contribution is -0.384. The minimum absolute atomic E-state index is 0.0220. The molecule has 0 unspecified atom stereocenters. The molecule has 11 heteroatoms. The first-order chi connectivity index (χ1) is 17.8. The van der Waals surface area contributed by atoms with E-state index >= 15 is 0 Å². The fraction of sp³-hybridized carbons (Fsp3) is 0.154. The summed E-state index contributed by atoms with van der Waals surface area (Å²) in [6, 6.07) is 17.3. The number of amides is 3. The van der Waals surface area contributed by atoms with Crippen LogP contribution in [0.2, 0.25) is 10.0 Å². The summed E-state index contributed by atoms with van der Waals surface area (Å²) in [4.78, 5) is 37.0. The van der Waals surface area contributed by atoms with Crippen LogP contribution in [0.4, 0.5) is 21.9 Å². The molecule has 0 atom stereocenters. The molecule has 9 nitrogen and oxygen atoms in total. The highest BCUT2D eigenvalue weighted by molar-refractivity contribution is 6.42. The summed E-state index contributed by atoms with van der Waals surface area (Å²) in [5, 5.41) is 17.0. The van der Waals surface area contributed by atoms with Gasteiger partial charge in [-0.3, -0.25) is 19.8 Å². The van der Waals surface area contributed by atoms with Gasteiger partial charge < -0.3 is 15.4 Å². The van der Waals surface area contributed by atoms with E-state index in [0.717, 1.165) is 0 Å². The number of halogens is 2. The van der Waals surface area contributed by atoms with Crippen LogP contribution in [0.25, 0.3) is 6.08 Å². The van der Waals surface area contributed by atoms with Gasteiger partial charge in [0.2, 0.25) is 5.91 Å². The molecule has 37 heavy (non-hydrogen) atoms. The second-order valence-corrected chi connectivity index (χ2v) is 8.55. The lowest BCUT2D eigenvalue weighted by Gasteiger charge is -2.23. The SMILES string of the molecule is COc1ccc(N(CCCNC(=O)/C=C/c2ccc([N+](=O)[O-])cc2)C(=O)Nc2ccc(Cl)c(Cl)c2)cc1. The molecule has 0 saturated carbocycles. The largest absolute Gasteiger partial charge is 0.497 e. The Morgan fingerprint density at radius 2 is 1.73 bits per heavy atom. The van der Waals surface area contributed by atoms with Crippen LogP contribution in [0.15, 0.2) is 72.8 Å². The standard InChI is InChI=1S/C26H24Cl2N4O5/c1-37-22-11-9-20(10-12-22)31(26(34)30-19-6-13-23(27)24(28)17-19)16-2-15-29-25(33)14-5-18-3-7-21(8-4-18)32(35)36/h3-14,17H,2,15-16H2,1H3,(H,29,33)(H,30,34)/b14-5+. The van der Waals surface area contributed by atoms with E-state index in [-0.39, 0.29) is 17.6 Å². The van der Waals surface area contributed by atoms with E-state index in [4.69, 9.17) is 27.9 Å². The van der Waals surface area contributed by atoms with Crippen LogP contribution >= 0.6 is 23.2 Å². The van der Waals surface area contributed by atoms with Gasteiger partial charge in [0.1, 0.15) is 5.75 Å². The molecule has 0 fully saturated rings. The summed E-state index contributed by atoms with van der Waals surface area (Å²) < 4.78 is 5.20. The molecule has 192 valence electrons. The van der Waals surface area contributed by atoms with Crippen molar-refractivity contribution in [1.82, 2.24) is 5.32 Å². The zero-order valence-corrected chi connectivity index (χ0v) is 21.3. The number of hydrogen-bond acceptors (Lipinski definition) is 5. The quantitative estimate of drug-likeness (QED) is 0.137. The van der Waals surface area contributed by atoms with Crippen LogP contribution in [-0.4, -0.2) is 37.1 Å². The van der Waals surface area contributed by atoms with Gasteiger partial charge in [-0.25, -0.2) is 4.79 Å². The van der Waals surface area contributed by atoms with E-state index in [9.17, 15) is 19.7 Å². The number of nitro groups is 1. The van der Waals surface area contributed by atoms with Crippen molar-refractivity contribution < 1.29 is 19.2 Å². The number of nitrogens with one attached hydrogen (secondary N) is 2. The van der Waals surface area contributed by atoms with Gasteiger partial charge in [0.05, 0.1) is 22.1 Å². The lowest BCUT2D eigenvalue weighted by atomic mass is 10.2. The smallest absolute Gasteiger partial charge is 0.326 e. The third-order valence-corrected chi connectivity index (χ3v) is 5.93. The fourth-order valence-corrected chi connectivity index (χ4v) is 3.56. The minimum atomic E-state index is -0.486. The second-order valence-electron chi connectivity index (χ2n) is 7.74. The van der Waals surface area contributed by atoms with Gasteiger partial charge in [-0.1, -0.05) is 23.2 Å². The van der Waals surface area contributed by atoms with Crippen molar-refractivity contribution in [2.45, 2.75) is 6.42 Å². The van der Waals surface area contributed by atoms with Gasteiger partial charge in [0.15, 0.2) is 0 Å². The van der Waals surface area contributed by atoms with Gasteiger partial charge in [-0.05, 0) is 72.7 Å². The van der Waals surface area contributed by atoms with E-state index in [1.807, 2.05) is 0 Å². The van der Waals surface area contributed by atoms with Crippen molar-refractivity contribution in [2.75, 3.05) is 30.4 Å². The molecule has 0 aliphatic heterocycles. The van der Waals surface area contributed by atoms with E-state index in [1.54, 1.807) is 72.7 Å². The normalized spacial score (nSPS) is 10.7. The number of hydrogen-bond donors (Lipinski definition) is 2. The Balaban J connectivity index is 1.59. The molecule has 0 spiro atoms. The number of nitrogens with zero attached hydrogens (tertiary/aromatic N) is 2. The van der Waals surface area contributed by atoms with Gasteiger partial charge >= 0.3 is 6.03 Å². The molecule has 0 aliphatic carbocycles. The van der Waals surface area contributed by atoms with Crippen LogP contribution in [0.5, 0.6) is 5.75 Å². The number of methoxy groups -OCH3 is 1. The van der Waals surface area contributed by atoms with Crippen LogP contribution in [0.3, 0.4) is 0 Å². The predicted octanol–water partition coefficient (Wildman–Crippen LogP) is 6.17. The van der Waals surface area contributed by atoms with Crippen molar-refractivity contribution in [3.63, 3.8) is 0 Å². The number of urea groups is 1. The fourth-order valence-electron chi connectivity index (χ4n) is 3.26. The van der Waals surface area contributed by atoms with Gasteiger partial charge in [-0.2, -0.15) is 0 Å². The van der Waals surface area contributed by atoms with Crippen LogP contribution in [-0.2, 0) is 4.79 Å². The first kappa shape index (κ1) is 27.5. The summed E-state index contributed by atoms with van der Waals surface area (Å²) in [7, 11) is 1.56. The molecule has 3 aromatic rings. The monoisotopic (exact) mass is 542 g/mol. The highest BCUT2D eigenvalue weighted by Gasteiger charge is 2.16. The number of rotatable bonds is 10. The minimum Gasteiger partial charge on any atom is -0.497 e. The van der Waals surface area contributed by atoms with Crippen molar-refractivity contribution in [3.8, 4) is 5.75 Å². The Bertz CT molecular complexity index is 1280. The van der Waals surface area contributed by atoms with E-state index < -0.39 is 4.92 Å². The zero-order chi connectivity index (χ0) is 26.8. The molecular weight excluding hydrogens is 519 g/mol. The molecule has 0 aromatic heterocycles. The summed E-state index contributed by atoms with van der Waals surface area (Å²) in [5.41, 5.74) is 1.77. The molecule has 3 amide bonds. The maximum Gasteiger partial charge on any atom is 0.326 e. The Hall–Kier alpha value is -4.08. The number of nitro benzene ring substituents is 1. The molecule has 3 aromatic carbocycles. The molecule has 0 aliphatic rings. The Kier molecular flexibility index (Phi) is 9.88. The van der Waals surface area contributed by atoms with Crippen molar-refractivity contribution >= 4 is 58.3 Å². The Labute approximate surface area is 223 Å². The van der Waals surface area contributed by atoms with Crippen LogP contribution in [0.1, 0.15) is 12.0 Å². The first-order valence-corrected chi connectivity index (χ1v) is 11.9. The first-order valence-electron chi connectivity index (χ1n) is 11.1. The molecule has 0 saturated heterocycles. The number of benzene rings is 3. The van der Waals surface area contributed by atoms with Crippen molar-refractivity contribution in [3.05, 3.63) is 98.5 Å². The van der Waals surface area contributed by atoms with Gasteiger partial charge in [0.25, 0.3) is 5.69 Å². The maximum absolute atomic E-state index is 13.1. The Morgan fingerprint density at radius 3 is 2.35 bits per heavy atom. The van der Waals surface area contributed by atoms with Crippen molar-refractivity contribution in [2.24, 2.45) is 0 Å². The second kappa shape index (κ2) is 13.3. The van der Waals surface area contributed by atoms with E-state index in [0.29, 0.717) is 52.2 Å². The maximum atomic E-state index is 13.1. The predicted molar refractivity (Wildman–Crippen MR) is 146 cm³/mol. The summed E-state index contributed by atoms with van der Waals surface area (Å²) in [6.07, 6.45) is 3.38.